The molecule has 0 atom stereocenters. The molecule has 1 aromatic rings. The van der Waals surface area contributed by atoms with Crippen molar-refractivity contribution >= 4 is 5.97 Å². The van der Waals surface area contributed by atoms with Gasteiger partial charge in [-0.1, -0.05) is 6.07 Å². The lowest BCUT2D eigenvalue weighted by atomic mass is 10.3. The van der Waals surface area contributed by atoms with Crippen molar-refractivity contribution in [2.45, 2.75) is 6.92 Å². The fourth-order valence-corrected chi connectivity index (χ4v) is 2.38. The van der Waals surface area contributed by atoms with Gasteiger partial charge in [-0.2, -0.15) is 0 Å². The first-order chi connectivity index (χ1) is 14.3. The smallest absolute Gasteiger partial charge is 0.344 e. The molecule has 0 radical (unpaired) electrons. The first-order valence-corrected chi connectivity index (χ1v) is 9.79. The fourth-order valence-electron chi connectivity index (χ4n) is 2.38. The molecule has 0 bridgehead atoms. The van der Waals surface area contributed by atoms with Gasteiger partial charge >= 0.3 is 5.97 Å². The molecule has 9 nitrogen and oxygen atoms in total. The third-order valence-electron chi connectivity index (χ3n) is 3.67. The predicted octanol–water partition coefficient (Wildman–Crippen LogP) is 1.47. The highest BCUT2D eigenvalue weighted by molar-refractivity contribution is 5.71. The summed E-state index contributed by atoms with van der Waals surface area (Å²) in [6, 6.07) is 5.23. The standard InChI is InChI=1S/C20H30O9/c1-2-26-19(21)16-29-18-5-3-4-17-20(18)28-15-13-25-11-9-23-7-6-22-8-10-24-12-14-27-17/h3-5H,2,6-16H2,1H3. The maximum Gasteiger partial charge on any atom is 0.344 e. The van der Waals surface area contributed by atoms with Crippen molar-refractivity contribution in [3.63, 3.8) is 0 Å². The van der Waals surface area contributed by atoms with Gasteiger partial charge in [-0.05, 0) is 19.1 Å². The zero-order chi connectivity index (χ0) is 20.6. The van der Waals surface area contributed by atoms with Gasteiger partial charge in [0.2, 0.25) is 5.75 Å². The Balaban J connectivity index is 1.97. The molecule has 2 rings (SSSR count). The zero-order valence-electron chi connectivity index (χ0n) is 16.9. The Hall–Kier alpha value is -2.07. The molecule has 1 aliphatic rings. The second-order valence-corrected chi connectivity index (χ2v) is 5.82. The van der Waals surface area contributed by atoms with E-state index in [-0.39, 0.29) is 13.2 Å². The topological polar surface area (TPSA) is 90.9 Å². The highest BCUT2D eigenvalue weighted by Crippen LogP contribution is 2.37. The van der Waals surface area contributed by atoms with Crippen LogP contribution in [-0.4, -0.2) is 85.3 Å². The Morgan fingerprint density at radius 2 is 1.38 bits per heavy atom. The molecule has 9 heteroatoms. The van der Waals surface area contributed by atoms with Crippen LogP contribution in [0, 0.1) is 0 Å². The van der Waals surface area contributed by atoms with Gasteiger partial charge in [0.15, 0.2) is 18.1 Å². The predicted molar refractivity (Wildman–Crippen MR) is 103 cm³/mol. The average Bonchev–Trinajstić information content (AvgIpc) is 2.72. The van der Waals surface area contributed by atoms with Crippen LogP contribution in [0.2, 0.25) is 0 Å². The van der Waals surface area contributed by atoms with Crippen LogP contribution in [0.1, 0.15) is 6.92 Å². The van der Waals surface area contributed by atoms with Gasteiger partial charge in [0, 0.05) is 0 Å². The SMILES string of the molecule is CCOC(=O)COc1cccc2c1OCCOCCOCCOCCOCCO2. The van der Waals surface area contributed by atoms with E-state index >= 15 is 0 Å². The lowest BCUT2D eigenvalue weighted by molar-refractivity contribution is -0.145. The zero-order valence-corrected chi connectivity index (χ0v) is 16.9. The highest BCUT2D eigenvalue weighted by Gasteiger charge is 2.15. The molecule has 0 N–H and O–H groups in total. The van der Waals surface area contributed by atoms with E-state index < -0.39 is 5.97 Å². The Kier molecular flexibility index (Phi) is 11.9. The van der Waals surface area contributed by atoms with Crippen LogP contribution in [0.4, 0.5) is 0 Å². The molecule has 1 heterocycles. The van der Waals surface area contributed by atoms with E-state index in [0.29, 0.717) is 83.3 Å². The maximum atomic E-state index is 11.6. The van der Waals surface area contributed by atoms with Crippen molar-refractivity contribution in [2.75, 3.05) is 79.3 Å². The van der Waals surface area contributed by atoms with Gasteiger partial charge < -0.3 is 37.9 Å². The van der Waals surface area contributed by atoms with Crippen molar-refractivity contribution in [3.8, 4) is 17.2 Å². The molecule has 29 heavy (non-hydrogen) atoms. The minimum Gasteiger partial charge on any atom is -0.487 e. The van der Waals surface area contributed by atoms with Gasteiger partial charge in [-0.3, -0.25) is 0 Å². The molecular weight excluding hydrogens is 384 g/mol. The molecule has 0 spiro atoms. The minimum absolute atomic E-state index is 0.218. The third-order valence-corrected chi connectivity index (χ3v) is 3.67. The van der Waals surface area contributed by atoms with Crippen LogP contribution < -0.4 is 14.2 Å². The summed E-state index contributed by atoms with van der Waals surface area (Å²) in [7, 11) is 0. The van der Waals surface area contributed by atoms with Gasteiger partial charge in [-0.15, -0.1) is 0 Å². The van der Waals surface area contributed by atoms with Crippen LogP contribution in [0.3, 0.4) is 0 Å². The average molecular weight is 414 g/mol. The number of hydrogen-bond acceptors (Lipinski definition) is 9. The Labute approximate surface area is 171 Å². The number of carbonyl (C=O) groups is 1. The van der Waals surface area contributed by atoms with Crippen LogP contribution in [0.5, 0.6) is 17.2 Å². The van der Waals surface area contributed by atoms with Crippen LogP contribution in [-0.2, 0) is 28.5 Å². The molecule has 0 aromatic heterocycles. The summed E-state index contributed by atoms with van der Waals surface area (Å²) in [5.41, 5.74) is 0. The summed E-state index contributed by atoms with van der Waals surface area (Å²) < 4.78 is 43.9. The molecule has 0 saturated carbocycles. The maximum absolute atomic E-state index is 11.6. The Bertz CT molecular complexity index is 579. The number of hydrogen-bond donors (Lipinski definition) is 0. The van der Waals surface area contributed by atoms with Crippen molar-refractivity contribution in [1.82, 2.24) is 0 Å². The van der Waals surface area contributed by atoms with E-state index in [4.69, 9.17) is 37.9 Å². The number of esters is 1. The highest BCUT2D eigenvalue weighted by atomic mass is 16.6. The van der Waals surface area contributed by atoms with Crippen molar-refractivity contribution in [3.05, 3.63) is 18.2 Å². The molecule has 1 aromatic carbocycles. The van der Waals surface area contributed by atoms with Crippen LogP contribution in [0.15, 0.2) is 18.2 Å². The summed E-state index contributed by atoms with van der Waals surface area (Å²) in [4.78, 5) is 11.6. The molecule has 0 fully saturated rings. The molecule has 1 aliphatic heterocycles. The van der Waals surface area contributed by atoms with E-state index in [2.05, 4.69) is 0 Å². The van der Waals surface area contributed by atoms with E-state index in [1.165, 1.54) is 0 Å². The molecular formula is C20H30O9. The fraction of sp³-hybridized carbons (Fsp3) is 0.650. The van der Waals surface area contributed by atoms with E-state index in [0.717, 1.165) is 0 Å². The van der Waals surface area contributed by atoms with Crippen LogP contribution in [0.25, 0.3) is 0 Å². The largest absolute Gasteiger partial charge is 0.487 e. The van der Waals surface area contributed by atoms with Crippen LogP contribution >= 0.6 is 0 Å². The first-order valence-electron chi connectivity index (χ1n) is 9.79. The molecule has 164 valence electrons. The first kappa shape index (κ1) is 23.2. The Morgan fingerprint density at radius 3 is 1.97 bits per heavy atom. The lowest BCUT2D eigenvalue weighted by Gasteiger charge is -2.17. The monoisotopic (exact) mass is 414 g/mol. The van der Waals surface area contributed by atoms with E-state index in [1.807, 2.05) is 0 Å². The summed E-state index contributed by atoms with van der Waals surface area (Å²) in [5, 5.41) is 0. The van der Waals surface area contributed by atoms with Gasteiger partial charge in [0.05, 0.1) is 59.5 Å². The van der Waals surface area contributed by atoms with Gasteiger partial charge in [0.1, 0.15) is 13.2 Å². The molecule has 0 saturated heterocycles. The number of carbonyl (C=O) groups excluding carboxylic acids is 1. The Morgan fingerprint density at radius 1 is 0.828 bits per heavy atom. The minimum atomic E-state index is -0.454. The van der Waals surface area contributed by atoms with Gasteiger partial charge in [-0.25, -0.2) is 4.79 Å². The number of benzene rings is 1. The number of ether oxygens (including phenoxy) is 8. The lowest BCUT2D eigenvalue weighted by Crippen LogP contribution is -2.17. The number of rotatable bonds is 4. The summed E-state index contributed by atoms with van der Waals surface area (Å²) in [6.07, 6.45) is 0. The summed E-state index contributed by atoms with van der Waals surface area (Å²) in [6.45, 7) is 6.13. The van der Waals surface area contributed by atoms with Crippen molar-refractivity contribution < 1.29 is 42.7 Å². The van der Waals surface area contributed by atoms with Gasteiger partial charge in [0.25, 0.3) is 0 Å². The van der Waals surface area contributed by atoms with E-state index in [9.17, 15) is 4.79 Å². The number of para-hydroxylation sites is 1. The summed E-state index contributed by atoms with van der Waals surface area (Å²) >= 11 is 0. The quantitative estimate of drug-likeness (QED) is 0.679. The normalized spacial score (nSPS) is 17.6. The van der Waals surface area contributed by atoms with Crippen molar-refractivity contribution in [2.24, 2.45) is 0 Å². The number of fused-ring (bicyclic) bond motifs is 1. The molecule has 0 unspecified atom stereocenters. The van der Waals surface area contributed by atoms with E-state index in [1.54, 1.807) is 25.1 Å². The molecule has 0 aliphatic carbocycles. The summed E-state index contributed by atoms with van der Waals surface area (Å²) in [5.74, 6) is 0.838. The second kappa shape index (κ2) is 14.9. The van der Waals surface area contributed by atoms with Crippen molar-refractivity contribution in [1.29, 1.82) is 0 Å². The molecule has 0 amide bonds. The third kappa shape index (κ3) is 9.80. The second-order valence-electron chi connectivity index (χ2n) is 5.82.